The summed E-state index contributed by atoms with van der Waals surface area (Å²) in [7, 11) is 0. The normalized spacial score (nSPS) is 19.1. The number of fused-ring (bicyclic) bond motifs is 1. The monoisotopic (exact) mass is 218 g/mol. The quantitative estimate of drug-likeness (QED) is 0.822. The van der Waals surface area contributed by atoms with Crippen LogP contribution in [0.25, 0.3) is 0 Å². The van der Waals surface area contributed by atoms with Crippen molar-refractivity contribution in [2.24, 2.45) is 5.73 Å². The molecule has 1 aliphatic rings. The molecule has 0 bridgehead atoms. The maximum absolute atomic E-state index is 5.71. The number of hydrogen-bond donors (Lipinski definition) is 1. The van der Waals surface area contributed by atoms with Gasteiger partial charge in [0.05, 0.1) is 0 Å². The van der Waals surface area contributed by atoms with E-state index in [-0.39, 0.29) is 0 Å². The molecule has 0 amide bonds. The average molecular weight is 218 g/mol. The Kier molecular flexibility index (Phi) is 3.97. The zero-order chi connectivity index (χ0) is 11.4. The van der Waals surface area contributed by atoms with Crippen LogP contribution in [0.2, 0.25) is 0 Å². The molecule has 88 valence electrons. The van der Waals surface area contributed by atoms with Crippen LogP contribution in [0.1, 0.15) is 36.9 Å². The van der Waals surface area contributed by atoms with E-state index in [4.69, 9.17) is 5.73 Å². The van der Waals surface area contributed by atoms with Crippen molar-refractivity contribution in [2.75, 3.05) is 19.6 Å². The molecule has 2 heteroatoms. The highest BCUT2D eigenvalue weighted by atomic mass is 15.2. The van der Waals surface area contributed by atoms with Gasteiger partial charge >= 0.3 is 0 Å². The van der Waals surface area contributed by atoms with Gasteiger partial charge in [-0.25, -0.2) is 0 Å². The summed E-state index contributed by atoms with van der Waals surface area (Å²) in [6, 6.07) is 9.46. The molecule has 0 heterocycles. The zero-order valence-corrected chi connectivity index (χ0v) is 10.2. The number of aryl methyl sites for hydroxylation is 1. The molecule has 1 unspecified atom stereocenters. The summed E-state index contributed by atoms with van der Waals surface area (Å²) < 4.78 is 0. The van der Waals surface area contributed by atoms with E-state index >= 15 is 0 Å². The molecule has 0 spiro atoms. The maximum atomic E-state index is 5.71. The van der Waals surface area contributed by atoms with Crippen molar-refractivity contribution in [1.29, 1.82) is 0 Å². The number of hydrogen-bond acceptors (Lipinski definition) is 2. The molecular formula is C14H22N2. The predicted molar refractivity (Wildman–Crippen MR) is 68.4 cm³/mol. The minimum Gasteiger partial charge on any atom is -0.329 e. The van der Waals surface area contributed by atoms with E-state index in [0.29, 0.717) is 6.04 Å². The van der Waals surface area contributed by atoms with Gasteiger partial charge in [0.2, 0.25) is 0 Å². The molecule has 2 N–H and O–H groups in total. The summed E-state index contributed by atoms with van der Waals surface area (Å²) >= 11 is 0. The third kappa shape index (κ3) is 2.28. The van der Waals surface area contributed by atoms with Gasteiger partial charge in [-0.1, -0.05) is 31.2 Å². The van der Waals surface area contributed by atoms with Gasteiger partial charge in [-0.2, -0.15) is 0 Å². The van der Waals surface area contributed by atoms with Crippen LogP contribution in [-0.2, 0) is 6.42 Å². The molecule has 0 saturated carbocycles. The Hall–Kier alpha value is -0.860. The van der Waals surface area contributed by atoms with Gasteiger partial charge in [-0.05, 0) is 36.9 Å². The Bertz CT molecular complexity index is 329. The number of benzene rings is 1. The lowest BCUT2D eigenvalue weighted by Gasteiger charge is -2.28. The van der Waals surface area contributed by atoms with Crippen molar-refractivity contribution in [3.8, 4) is 0 Å². The van der Waals surface area contributed by atoms with E-state index in [0.717, 1.165) is 19.6 Å². The molecule has 0 radical (unpaired) electrons. The molecule has 0 saturated heterocycles. The second-order valence-corrected chi connectivity index (χ2v) is 4.58. The first-order chi connectivity index (χ1) is 7.86. The van der Waals surface area contributed by atoms with E-state index in [1.165, 1.54) is 30.4 Å². The Balaban J connectivity index is 2.15. The molecule has 0 aliphatic heterocycles. The lowest BCUT2D eigenvalue weighted by molar-refractivity contribution is 0.202. The van der Waals surface area contributed by atoms with Crippen molar-refractivity contribution in [3.05, 3.63) is 35.4 Å². The molecule has 1 aromatic carbocycles. The number of nitrogens with two attached hydrogens (primary N) is 1. The van der Waals surface area contributed by atoms with Crippen LogP contribution in [0, 0.1) is 0 Å². The number of rotatable bonds is 5. The van der Waals surface area contributed by atoms with Crippen LogP contribution < -0.4 is 5.73 Å². The summed E-state index contributed by atoms with van der Waals surface area (Å²) in [6.07, 6.45) is 3.70. The standard InChI is InChI=1S/C14H22N2/c1-2-10-16(11-9-15)14-8-7-12-5-3-4-6-13(12)14/h3-6,14H,2,7-11,15H2,1H3. The first-order valence-electron chi connectivity index (χ1n) is 6.38. The Morgan fingerprint density at radius 2 is 2.12 bits per heavy atom. The van der Waals surface area contributed by atoms with E-state index in [2.05, 4.69) is 36.1 Å². The summed E-state index contributed by atoms with van der Waals surface area (Å²) in [6.45, 7) is 5.19. The lowest BCUT2D eigenvalue weighted by atomic mass is 10.1. The average Bonchev–Trinajstić information content (AvgIpc) is 2.72. The fourth-order valence-corrected chi connectivity index (χ4v) is 2.79. The molecule has 1 aliphatic carbocycles. The fourth-order valence-electron chi connectivity index (χ4n) is 2.79. The molecule has 2 rings (SSSR count). The highest BCUT2D eigenvalue weighted by molar-refractivity contribution is 5.34. The fraction of sp³-hybridized carbons (Fsp3) is 0.571. The van der Waals surface area contributed by atoms with Gasteiger partial charge in [0.25, 0.3) is 0 Å². The summed E-state index contributed by atoms with van der Waals surface area (Å²) in [5, 5.41) is 0. The maximum Gasteiger partial charge on any atom is 0.0354 e. The highest BCUT2D eigenvalue weighted by Gasteiger charge is 2.26. The van der Waals surface area contributed by atoms with Crippen LogP contribution in [0.4, 0.5) is 0 Å². The van der Waals surface area contributed by atoms with Crippen LogP contribution in [-0.4, -0.2) is 24.5 Å². The second-order valence-electron chi connectivity index (χ2n) is 4.58. The Morgan fingerprint density at radius 1 is 1.31 bits per heavy atom. The van der Waals surface area contributed by atoms with E-state index in [9.17, 15) is 0 Å². The van der Waals surface area contributed by atoms with E-state index in [1.807, 2.05) is 0 Å². The van der Waals surface area contributed by atoms with Crippen molar-refractivity contribution >= 4 is 0 Å². The smallest absolute Gasteiger partial charge is 0.0354 e. The van der Waals surface area contributed by atoms with Crippen molar-refractivity contribution in [3.63, 3.8) is 0 Å². The zero-order valence-electron chi connectivity index (χ0n) is 10.2. The molecule has 0 aromatic heterocycles. The van der Waals surface area contributed by atoms with Gasteiger partial charge in [0.15, 0.2) is 0 Å². The Morgan fingerprint density at radius 3 is 2.88 bits per heavy atom. The molecule has 2 nitrogen and oxygen atoms in total. The SMILES string of the molecule is CCCN(CCN)C1CCc2ccccc21. The number of nitrogens with zero attached hydrogens (tertiary/aromatic N) is 1. The third-order valence-electron chi connectivity index (χ3n) is 3.47. The second kappa shape index (κ2) is 5.46. The van der Waals surface area contributed by atoms with Crippen LogP contribution in [0.5, 0.6) is 0 Å². The van der Waals surface area contributed by atoms with Crippen molar-refractivity contribution in [1.82, 2.24) is 4.90 Å². The topological polar surface area (TPSA) is 29.3 Å². The van der Waals surface area contributed by atoms with Crippen molar-refractivity contribution < 1.29 is 0 Å². The summed E-state index contributed by atoms with van der Waals surface area (Å²) in [5.74, 6) is 0. The van der Waals surface area contributed by atoms with Gasteiger partial charge in [0.1, 0.15) is 0 Å². The molecule has 16 heavy (non-hydrogen) atoms. The van der Waals surface area contributed by atoms with Crippen LogP contribution in [0.15, 0.2) is 24.3 Å². The van der Waals surface area contributed by atoms with E-state index in [1.54, 1.807) is 0 Å². The largest absolute Gasteiger partial charge is 0.329 e. The van der Waals surface area contributed by atoms with Gasteiger partial charge in [-0.15, -0.1) is 0 Å². The lowest BCUT2D eigenvalue weighted by Crippen LogP contribution is -2.33. The first kappa shape index (κ1) is 11.6. The minimum absolute atomic E-state index is 0.611. The molecule has 1 atom stereocenters. The van der Waals surface area contributed by atoms with Gasteiger partial charge in [0, 0.05) is 19.1 Å². The molecule has 1 aromatic rings. The molecular weight excluding hydrogens is 196 g/mol. The van der Waals surface area contributed by atoms with Crippen LogP contribution in [0.3, 0.4) is 0 Å². The minimum atomic E-state index is 0.611. The van der Waals surface area contributed by atoms with Crippen LogP contribution >= 0.6 is 0 Å². The summed E-state index contributed by atoms with van der Waals surface area (Å²) in [4.78, 5) is 2.55. The van der Waals surface area contributed by atoms with Crippen molar-refractivity contribution in [2.45, 2.75) is 32.2 Å². The predicted octanol–water partition coefficient (Wildman–Crippen LogP) is 2.34. The first-order valence-corrected chi connectivity index (χ1v) is 6.38. The third-order valence-corrected chi connectivity index (χ3v) is 3.47. The van der Waals surface area contributed by atoms with E-state index < -0.39 is 0 Å². The van der Waals surface area contributed by atoms with Gasteiger partial charge in [-0.3, -0.25) is 4.90 Å². The Labute approximate surface area is 98.4 Å². The molecule has 0 fully saturated rings. The van der Waals surface area contributed by atoms with Gasteiger partial charge < -0.3 is 5.73 Å². The highest BCUT2D eigenvalue weighted by Crippen LogP contribution is 2.35. The summed E-state index contributed by atoms with van der Waals surface area (Å²) in [5.41, 5.74) is 8.77.